The second kappa shape index (κ2) is 3.30. The highest BCUT2D eigenvalue weighted by atomic mass is 32.1. The Morgan fingerprint density at radius 1 is 1.54 bits per heavy atom. The lowest BCUT2D eigenvalue weighted by Gasteiger charge is -1.92. The Balaban J connectivity index is 2.26. The van der Waals surface area contributed by atoms with E-state index in [1.807, 2.05) is 0 Å². The average Bonchev–Trinajstić information content (AvgIpc) is 2.71. The highest BCUT2D eigenvalue weighted by Crippen LogP contribution is 2.32. The van der Waals surface area contributed by atoms with E-state index in [4.69, 9.17) is 4.74 Å². The van der Waals surface area contributed by atoms with E-state index < -0.39 is 0 Å². The molecule has 13 heavy (non-hydrogen) atoms. The molecule has 0 N–H and O–H groups in total. The second-order valence-corrected chi connectivity index (χ2v) is 3.82. The number of hydrogen-bond donors (Lipinski definition) is 0. The standard InChI is InChI=1S/C9H9NO2S/c1-12-9-10-5-8(13-9)6-2-3-7(11)4-6/h4-5H,2-3H2,1H3. The smallest absolute Gasteiger partial charge is 0.273 e. The van der Waals surface area contributed by atoms with Crippen LogP contribution in [-0.2, 0) is 4.79 Å². The van der Waals surface area contributed by atoms with Crippen LogP contribution in [0, 0.1) is 0 Å². The zero-order valence-corrected chi connectivity index (χ0v) is 8.06. The van der Waals surface area contributed by atoms with Gasteiger partial charge in [0.05, 0.1) is 12.0 Å². The number of methoxy groups -OCH3 is 1. The first-order chi connectivity index (χ1) is 6.29. The van der Waals surface area contributed by atoms with Gasteiger partial charge in [0.1, 0.15) is 0 Å². The molecule has 3 nitrogen and oxygen atoms in total. The summed E-state index contributed by atoms with van der Waals surface area (Å²) >= 11 is 1.48. The number of hydrogen-bond acceptors (Lipinski definition) is 4. The molecule has 0 bridgehead atoms. The monoisotopic (exact) mass is 195 g/mol. The van der Waals surface area contributed by atoms with E-state index in [2.05, 4.69) is 4.98 Å². The first-order valence-corrected chi connectivity index (χ1v) is 4.85. The van der Waals surface area contributed by atoms with E-state index in [0.717, 1.165) is 16.9 Å². The predicted molar refractivity (Wildman–Crippen MR) is 50.9 cm³/mol. The summed E-state index contributed by atoms with van der Waals surface area (Å²) in [5.41, 5.74) is 1.09. The lowest BCUT2D eigenvalue weighted by molar-refractivity contribution is -0.114. The second-order valence-electron chi connectivity index (χ2n) is 2.83. The molecule has 0 atom stereocenters. The minimum Gasteiger partial charge on any atom is -0.473 e. The largest absolute Gasteiger partial charge is 0.473 e. The summed E-state index contributed by atoms with van der Waals surface area (Å²) in [7, 11) is 1.59. The van der Waals surface area contributed by atoms with Gasteiger partial charge in [0.25, 0.3) is 5.19 Å². The van der Waals surface area contributed by atoms with Crippen molar-refractivity contribution < 1.29 is 9.53 Å². The molecule has 1 aliphatic carbocycles. The van der Waals surface area contributed by atoms with Gasteiger partial charge in [-0.25, -0.2) is 4.98 Å². The summed E-state index contributed by atoms with van der Waals surface area (Å²) in [6, 6.07) is 0. The number of ketones is 1. The molecule has 1 aromatic rings. The quantitative estimate of drug-likeness (QED) is 0.723. The molecule has 0 radical (unpaired) electrons. The number of aromatic nitrogens is 1. The van der Waals surface area contributed by atoms with Crippen molar-refractivity contribution in [2.75, 3.05) is 7.11 Å². The van der Waals surface area contributed by atoms with Crippen LogP contribution >= 0.6 is 11.3 Å². The third-order valence-corrected chi connectivity index (χ3v) is 2.99. The van der Waals surface area contributed by atoms with Gasteiger partial charge in [-0.3, -0.25) is 4.79 Å². The SMILES string of the molecule is COc1ncc(C2=CC(=O)CC2)s1. The van der Waals surface area contributed by atoms with Crippen LogP contribution in [0.3, 0.4) is 0 Å². The van der Waals surface area contributed by atoms with Gasteiger partial charge in [0.2, 0.25) is 0 Å². The number of rotatable bonds is 2. The molecule has 0 unspecified atom stereocenters. The lowest BCUT2D eigenvalue weighted by atomic mass is 10.2. The zero-order chi connectivity index (χ0) is 9.26. The topological polar surface area (TPSA) is 39.2 Å². The van der Waals surface area contributed by atoms with E-state index in [9.17, 15) is 4.79 Å². The Kier molecular flexibility index (Phi) is 2.14. The molecule has 68 valence electrons. The number of carbonyl (C=O) groups excluding carboxylic acids is 1. The van der Waals surface area contributed by atoms with Crippen LogP contribution in [0.25, 0.3) is 5.57 Å². The highest BCUT2D eigenvalue weighted by molar-refractivity contribution is 7.14. The van der Waals surface area contributed by atoms with Crippen molar-refractivity contribution in [2.24, 2.45) is 0 Å². The molecular formula is C9H9NO2S. The molecule has 0 amide bonds. The average molecular weight is 195 g/mol. The van der Waals surface area contributed by atoms with E-state index >= 15 is 0 Å². The van der Waals surface area contributed by atoms with Crippen molar-refractivity contribution in [1.29, 1.82) is 0 Å². The zero-order valence-electron chi connectivity index (χ0n) is 7.24. The number of nitrogens with zero attached hydrogens (tertiary/aromatic N) is 1. The van der Waals surface area contributed by atoms with Crippen molar-refractivity contribution >= 4 is 22.7 Å². The summed E-state index contributed by atoms with van der Waals surface area (Å²) in [6.45, 7) is 0. The number of allylic oxidation sites excluding steroid dienone is 2. The van der Waals surface area contributed by atoms with Gasteiger partial charge in [0.15, 0.2) is 5.78 Å². The van der Waals surface area contributed by atoms with Gasteiger partial charge in [-0.05, 0) is 18.1 Å². The van der Waals surface area contributed by atoms with Gasteiger partial charge in [-0.2, -0.15) is 0 Å². The number of ether oxygens (including phenoxy) is 1. The molecule has 4 heteroatoms. The molecule has 1 aromatic heterocycles. The molecule has 0 saturated heterocycles. The predicted octanol–water partition coefficient (Wildman–Crippen LogP) is 1.90. The Morgan fingerprint density at radius 2 is 2.38 bits per heavy atom. The molecule has 0 saturated carbocycles. The first kappa shape index (κ1) is 8.44. The normalized spacial score (nSPS) is 16.1. The van der Waals surface area contributed by atoms with Gasteiger partial charge < -0.3 is 4.74 Å². The molecule has 0 fully saturated rings. The maximum absolute atomic E-state index is 11.0. The van der Waals surface area contributed by atoms with Crippen LogP contribution < -0.4 is 4.74 Å². The third-order valence-electron chi connectivity index (χ3n) is 1.95. The summed E-state index contributed by atoms with van der Waals surface area (Å²) in [5, 5.41) is 0.648. The van der Waals surface area contributed by atoms with Gasteiger partial charge in [-0.1, -0.05) is 11.3 Å². The fourth-order valence-electron chi connectivity index (χ4n) is 1.29. The van der Waals surface area contributed by atoms with Crippen LogP contribution in [0.2, 0.25) is 0 Å². The maximum atomic E-state index is 11.0. The van der Waals surface area contributed by atoms with E-state index in [1.165, 1.54) is 11.3 Å². The first-order valence-electron chi connectivity index (χ1n) is 4.03. The van der Waals surface area contributed by atoms with Gasteiger partial charge in [0, 0.05) is 12.6 Å². The maximum Gasteiger partial charge on any atom is 0.273 e. The number of carbonyl (C=O) groups is 1. The van der Waals surface area contributed by atoms with Crippen LogP contribution in [0.15, 0.2) is 12.3 Å². The molecule has 0 aliphatic heterocycles. The van der Waals surface area contributed by atoms with Crippen molar-refractivity contribution in [2.45, 2.75) is 12.8 Å². The van der Waals surface area contributed by atoms with E-state index in [1.54, 1.807) is 19.4 Å². The Labute approximate surface area is 80.1 Å². The summed E-state index contributed by atoms with van der Waals surface area (Å²) in [6.07, 6.45) is 4.93. The minimum atomic E-state index is 0.211. The molecule has 0 aromatic carbocycles. The third kappa shape index (κ3) is 1.62. The van der Waals surface area contributed by atoms with Crippen LogP contribution in [0.1, 0.15) is 17.7 Å². The molecule has 0 spiro atoms. The van der Waals surface area contributed by atoms with Crippen molar-refractivity contribution in [3.63, 3.8) is 0 Å². The Hall–Kier alpha value is -1.16. The van der Waals surface area contributed by atoms with Crippen molar-refractivity contribution in [3.05, 3.63) is 17.2 Å². The lowest BCUT2D eigenvalue weighted by Crippen LogP contribution is -1.80. The van der Waals surface area contributed by atoms with Gasteiger partial charge in [-0.15, -0.1) is 0 Å². The molecular weight excluding hydrogens is 186 g/mol. The van der Waals surface area contributed by atoms with E-state index in [-0.39, 0.29) is 5.78 Å². The van der Waals surface area contributed by atoms with Crippen LogP contribution in [0.5, 0.6) is 5.19 Å². The van der Waals surface area contributed by atoms with Crippen LogP contribution in [0.4, 0.5) is 0 Å². The highest BCUT2D eigenvalue weighted by Gasteiger charge is 2.15. The Morgan fingerprint density at radius 3 is 2.92 bits per heavy atom. The van der Waals surface area contributed by atoms with Crippen molar-refractivity contribution in [1.82, 2.24) is 4.98 Å². The minimum absolute atomic E-state index is 0.211. The van der Waals surface area contributed by atoms with Crippen molar-refractivity contribution in [3.8, 4) is 5.19 Å². The number of thiazole rings is 1. The molecule has 1 aliphatic rings. The molecule has 1 heterocycles. The van der Waals surface area contributed by atoms with Gasteiger partial charge >= 0.3 is 0 Å². The fourth-order valence-corrected chi connectivity index (χ4v) is 2.07. The van der Waals surface area contributed by atoms with Crippen LogP contribution in [-0.4, -0.2) is 17.9 Å². The summed E-state index contributed by atoms with van der Waals surface area (Å²) in [5.74, 6) is 0.211. The molecule has 2 rings (SSSR count). The summed E-state index contributed by atoms with van der Waals surface area (Å²) in [4.78, 5) is 16.1. The fraction of sp³-hybridized carbons (Fsp3) is 0.333. The Bertz CT molecular complexity index is 367. The van der Waals surface area contributed by atoms with E-state index in [0.29, 0.717) is 11.6 Å². The summed E-state index contributed by atoms with van der Waals surface area (Å²) < 4.78 is 4.98.